The number of ether oxygens (including phenoxy) is 1. The zero-order chi connectivity index (χ0) is 20.6. The molecule has 0 aromatic heterocycles. The molecule has 4 rings (SSSR count). The summed E-state index contributed by atoms with van der Waals surface area (Å²) < 4.78 is 6.15. The van der Waals surface area contributed by atoms with Gasteiger partial charge in [0.15, 0.2) is 5.96 Å². The molecule has 0 spiro atoms. The molecule has 2 aliphatic rings. The molecule has 2 aliphatic heterocycles. The molecule has 0 radical (unpaired) electrons. The highest BCUT2D eigenvalue weighted by Gasteiger charge is 2.28. The van der Waals surface area contributed by atoms with Crippen LogP contribution in [0.4, 0.5) is 5.69 Å². The molecule has 0 aliphatic carbocycles. The minimum atomic E-state index is 0. The van der Waals surface area contributed by atoms with Crippen LogP contribution in [0.3, 0.4) is 0 Å². The molecular formula is C25H35IN4O. The third-order valence-electron chi connectivity index (χ3n) is 6.05. The number of hydrogen-bond acceptors (Lipinski definition) is 3. The van der Waals surface area contributed by atoms with Crippen LogP contribution < -0.4 is 15.5 Å². The van der Waals surface area contributed by atoms with E-state index in [0.29, 0.717) is 12.0 Å². The van der Waals surface area contributed by atoms with Crippen molar-refractivity contribution in [2.75, 3.05) is 37.7 Å². The van der Waals surface area contributed by atoms with Crippen LogP contribution in [0.2, 0.25) is 0 Å². The topological polar surface area (TPSA) is 48.9 Å². The zero-order valence-electron chi connectivity index (χ0n) is 18.4. The van der Waals surface area contributed by atoms with Crippen LogP contribution in [0.5, 0.6) is 0 Å². The summed E-state index contributed by atoms with van der Waals surface area (Å²) in [7, 11) is 0. The van der Waals surface area contributed by atoms with E-state index in [1.807, 2.05) is 0 Å². The molecule has 5 nitrogen and oxygen atoms in total. The standard InChI is InChI=1S/C25H34N4O.HI/c1-2-26-25(28-22-15-16-29(19-22)23-13-7-4-8-14-23)27-18-21-12-9-17-30-24(21)20-10-5-3-6-11-20;/h3-8,10-11,13-14,21-22,24H,2,9,12,15-19H2,1H3,(H2,26,27,28);1H. The van der Waals surface area contributed by atoms with Gasteiger partial charge in [-0.1, -0.05) is 48.5 Å². The van der Waals surface area contributed by atoms with E-state index in [9.17, 15) is 0 Å². The Bertz CT molecular complexity index is 802. The quantitative estimate of drug-likeness (QED) is 0.323. The van der Waals surface area contributed by atoms with Crippen LogP contribution in [-0.4, -0.2) is 44.8 Å². The van der Waals surface area contributed by atoms with E-state index in [1.54, 1.807) is 0 Å². The summed E-state index contributed by atoms with van der Waals surface area (Å²) in [6, 6.07) is 21.7. The number of hydrogen-bond donors (Lipinski definition) is 2. The third kappa shape index (κ3) is 6.59. The molecule has 168 valence electrons. The Morgan fingerprint density at radius 3 is 2.55 bits per heavy atom. The zero-order valence-corrected chi connectivity index (χ0v) is 20.7. The number of guanidine groups is 1. The monoisotopic (exact) mass is 534 g/mol. The second kappa shape index (κ2) is 12.3. The van der Waals surface area contributed by atoms with Crippen LogP contribution in [0, 0.1) is 5.92 Å². The Labute approximate surface area is 203 Å². The Hall–Kier alpha value is -1.80. The maximum Gasteiger partial charge on any atom is 0.191 e. The minimum absolute atomic E-state index is 0. The van der Waals surface area contributed by atoms with Gasteiger partial charge in [-0.15, -0.1) is 24.0 Å². The van der Waals surface area contributed by atoms with Gasteiger partial charge in [0, 0.05) is 50.4 Å². The molecule has 3 atom stereocenters. The molecule has 2 aromatic rings. The van der Waals surface area contributed by atoms with Crippen LogP contribution in [0.15, 0.2) is 65.7 Å². The van der Waals surface area contributed by atoms with Crippen molar-refractivity contribution in [3.8, 4) is 0 Å². The van der Waals surface area contributed by atoms with Crippen molar-refractivity contribution >= 4 is 35.6 Å². The number of nitrogens with one attached hydrogen (secondary N) is 2. The fourth-order valence-electron chi connectivity index (χ4n) is 4.51. The van der Waals surface area contributed by atoms with Crippen molar-refractivity contribution in [1.29, 1.82) is 0 Å². The lowest BCUT2D eigenvalue weighted by Crippen LogP contribution is -2.45. The number of benzene rings is 2. The summed E-state index contributed by atoms with van der Waals surface area (Å²) in [4.78, 5) is 7.42. The summed E-state index contributed by atoms with van der Waals surface area (Å²) in [6.07, 6.45) is 3.54. The first-order valence-corrected chi connectivity index (χ1v) is 11.3. The molecule has 2 saturated heterocycles. The maximum atomic E-state index is 6.15. The number of rotatable bonds is 6. The second-order valence-electron chi connectivity index (χ2n) is 8.24. The molecule has 3 unspecified atom stereocenters. The van der Waals surface area contributed by atoms with E-state index < -0.39 is 0 Å². The number of nitrogens with zero attached hydrogens (tertiary/aromatic N) is 2. The van der Waals surface area contributed by atoms with E-state index >= 15 is 0 Å². The Morgan fingerprint density at radius 2 is 1.81 bits per heavy atom. The van der Waals surface area contributed by atoms with Gasteiger partial charge in [-0.3, -0.25) is 4.99 Å². The van der Waals surface area contributed by atoms with Crippen molar-refractivity contribution in [3.63, 3.8) is 0 Å². The van der Waals surface area contributed by atoms with Gasteiger partial charge in [0.1, 0.15) is 0 Å². The second-order valence-corrected chi connectivity index (χ2v) is 8.24. The lowest BCUT2D eigenvalue weighted by Gasteiger charge is -2.31. The van der Waals surface area contributed by atoms with Crippen LogP contribution >= 0.6 is 24.0 Å². The number of anilines is 1. The normalized spacial score (nSPS) is 23.8. The van der Waals surface area contributed by atoms with Gasteiger partial charge in [0.25, 0.3) is 0 Å². The predicted molar refractivity (Wildman–Crippen MR) is 139 cm³/mol. The van der Waals surface area contributed by atoms with Crippen LogP contribution in [0.25, 0.3) is 0 Å². The van der Waals surface area contributed by atoms with Crippen molar-refractivity contribution < 1.29 is 4.74 Å². The van der Waals surface area contributed by atoms with E-state index in [1.165, 1.54) is 11.3 Å². The van der Waals surface area contributed by atoms with Gasteiger partial charge in [-0.2, -0.15) is 0 Å². The summed E-state index contributed by atoms with van der Waals surface area (Å²) in [5.41, 5.74) is 2.57. The van der Waals surface area contributed by atoms with Gasteiger partial charge in [-0.25, -0.2) is 0 Å². The lowest BCUT2D eigenvalue weighted by molar-refractivity contribution is -0.0250. The van der Waals surface area contributed by atoms with E-state index in [2.05, 4.69) is 83.1 Å². The molecule has 2 aromatic carbocycles. The molecule has 0 amide bonds. The molecule has 6 heteroatoms. The van der Waals surface area contributed by atoms with E-state index in [4.69, 9.17) is 9.73 Å². The smallest absolute Gasteiger partial charge is 0.191 e. The number of halogens is 1. The van der Waals surface area contributed by atoms with Gasteiger partial charge in [0.2, 0.25) is 0 Å². The van der Waals surface area contributed by atoms with Gasteiger partial charge >= 0.3 is 0 Å². The highest BCUT2D eigenvalue weighted by molar-refractivity contribution is 14.0. The van der Waals surface area contributed by atoms with Crippen molar-refractivity contribution in [1.82, 2.24) is 10.6 Å². The summed E-state index contributed by atoms with van der Waals surface area (Å²) in [5, 5.41) is 7.11. The van der Waals surface area contributed by atoms with Crippen molar-refractivity contribution in [2.24, 2.45) is 10.9 Å². The summed E-state index contributed by atoms with van der Waals surface area (Å²) in [5.74, 6) is 1.34. The maximum absolute atomic E-state index is 6.15. The lowest BCUT2D eigenvalue weighted by atomic mass is 9.89. The Morgan fingerprint density at radius 1 is 1.06 bits per heavy atom. The van der Waals surface area contributed by atoms with E-state index in [-0.39, 0.29) is 30.1 Å². The Kier molecular flexibility index (Phi) is 9.46. The first-order chi connectivity index (χ1) is 14.8. The molecule has 2 N–H and O–H groups in total. The van der Waals surface area contributed by atoms with Gasteiger partial charge in [0.05, 0.1) is 6.10 Å². The SMILES string of the molecule is CCNC(=NCC1CCCOC1c1ccccc1)NC1CCN(c2ccccc2)C1.I. The van der Waals surface area contributed by atoms with Crippen LogP contribution in [0.1, 0.15) is 37.9 Å². The molecule has 2 fully saturated rings. The average molecular weight is 534 g/mol. The highest BCUT2D eigenvalue weighted by atomic mass is 127. The molecule has 2 heterocycles. The van der Waals surface area contributed by atoms with E-state index in [0.717, 1.165) is 58.0 Å². The van der Waals surface area contributed by atoms with Crippen LogP contribution in [-0.2, 0) is 4.74 Å². The molecule has 0 saturated carbocycles. The number of aliphatic imine (C=N–C) groups is 1. The molecular weight excluding hydrogens is 499 g/mol. The number of para-hydroxylation sites is 1. The average Bonchev–Trinajstić information content (AvgIpc) is 3.28. The third-order valence-corrected chi connectivity index (χ3v) is 6.05. The fraction of sp³-hybridized carbons (Fsp3) is 0.480. The summed E-state index contributed by atoms with van der Waals surface area (Å²) >= 11 is 0. The minimum Gasteiger partial charge on any atom is -0.373 e. The summed E-state index contributed by atoms with van der Waals surface area (Å²) in [6.45, 7) is 6.70. The largest absolute Gasteiger partial charge is 0.373 e. The van der Waals surface area contributed by atoms with Gasteiger partial charge in [-0.05, 0) is 43.9 Å². The first-order valence-electron chi connectivity index (χ1n) is 11.3. The highest BCUT2D eigenvalue weighted by Crippen LogP contribution is 2.33. The first kappa shape index (κ1) is 23.9. The van der Waals surface area contributed by atoms with Crippen molar-refractivity contribution in [3.05, 3.63) is 66.2 Å². The molecule has 0 bridgehead atoms. The van der Waals surface area contributed by atoms with Gasteiger partial charge < -0.3 is 20.3 Å². The predicted octanol–water partition coefficient (Wildman–Crippen LogP) is 4.61. The van der Waals surface area contributed by atoms with Crippen molar-refractivity contribution in [2.45, 2.75) is 38.3 Å². The molecule has 31 heavy (non-hydrogen) atoms. The Balaban J connectivity index is 0.00000272. The fourth-order valence-corrected chi connectivity index (χ4v) is 4.51.